The fraction of sp³-hybridized carbons (Fsp3) is 0.562. The molecule has 0 aliphatic carbocycles. The number of aromatic nitrogens is 4. The van der Waals surface area contributed by atoms with Crippen LogP contribution in [-0.2, 0) is 19.4 Å². The van der Waals surface area contributed by atoms with Gasteiger partial charge in [-0.1, -0.05) is 27.7 Å². The Balaban J connectivity index is 2.29. The Labute approximate surface area is 126 Å². The second-order valence-electron chi connectivity index (χ2n) is 5.56. The molecule has 0 aliphatic heterocycles. The Morgan fingerprint density at radius 3 is 2.57 bits per heavy atom. The molecule has 21 heavy (non-hydrogen) atoms. The molecule has 0 saturated heterocycles. The van der Waals surface area contributed by atoms with Crippen molar-refractivity contribution in [3.05, 3.63) is 34.9 Å². The van der Waals surface area contributed by atoms with Gasteiger partial charge in [-0.05, 0) is 25.8 Å². The summed E-state index contributed by atoms with van der Waals surface area (Å²) < 4.78 is 1.87. The van der Waals surface area contributed by atoms with Gasteiger partial charge in [0.1, 0.15) is 0 Å². The third-order valence-corrected chi connectivity index (χ3v) is 3.52. The number of hydrogen-bond donors (Lipinski definition) is 1. The van der Waals surface area contributed by atoms with Gasteiger partial charge < -0.3 is 5.32 Å². The Hall–Kier alpha value is -1.75. The van der Waals surface area contributed by atoms with E-state index in [0.29, 0.717) is 12.0 Å². The second kappa shape index (κ2) is 6.80. The minimum absolute atomic E-state index is 0.453. The molecule has 0 amide bonds. The molecule has 0 bridgehead atoms. The molecule has 5 heteroatoms. The summed E-state index contributed by atoms with van der Waals surface area (Å²) in [4.78, 5) is 9.12. The molecule has 1 N–H and O–H groups in total. The molecule has 0 spiro atoms. The summed E-state index contributed by atoms with van der Waals surface area (Å²) in [6.45, 7) is 11.3. The third kappa shape index (κ3) is 3.67. The van der Waals surface area contributed by atoms with Gasteiger partial charge in [0.15, 0.2) is 0 Å². The van der Waals surface area contributed by atoms with E-state index in [1.807, 2.05) is 17.8 Å². The molecule has 2 rings (SSSR count). The van der Waals surface area contributed by atoms with E-state index in [1.54, 1.807) is 0 Å². The Morgan fingerprint density at radius 2 is 2.00 bits per heavy atom. The predicted molar refractivity (Wildman–Crippen MR) is 84.6 cm³/mol. The molecule has 0 aliphatic rings. The van der Waals surface area contributed by atoms with Crippen LogP contribution in [0.15, 0.2) is 12.3 Å². The van der Waals surface area contributed by atoms with Crippen molar-refractivity contribution < 1.29 is 0 Å². The van der Waals surface area contributed by atoms with Gasteiger partial charge in [0.05, 0.1) is 5.69 Å². The van der Waals surface area contributed by atoms with E-state index in [2.05, 4.69) is 54.1 Å². The Morgan fingerprint density at radius 1 is 1.24 bits per heavy atom. The van der Waals surface area contributed by atoms with Gasteiger partial charge in [0, 0.05) is 35.7 Å². The van der Waals surface area contributed by atoms with Crippen molar-refractivity contribution in [2.45, 2.75) is 60.0 Å². The minimum Gasteiger partial charge on any atom is -0.310 e. The number of hydrogen-bond acceptors (Lipinski definition) is 4. The van der Waals surface area contributed by atoms with Crippen molar-refractivity contribution >= 4 is 0 Å². The minimum atomic E-state index is 0.453. The monoisotopic (exact) mass is 287 g/mol. The van der Waals surface area contributed by atoms with Gasteiger partial charge in [-0.25, -0.2) is 14.6 Å². The standard InChI is InChI=1S/C16H25N5/c1-6-14-8-15(7-2)21(20-14)16-18-10-13(12(5)19-16)9-17-11(3)4/h8,10-11,17H,6-7,9H2,1-5H3. The quantitative estimate of drug-likeness (QED) is 0.887. The van der Waals surface area contributed by atoms with Gasteiger partial charge in [-0.3, -0.25) is 0 Å². The number of aryl methyl sites for hydroxylation is 3. The van der Waals surface area contributed by atoms with Crippen LogP contribution in [0, 0.1) is 6.92 Å². The van der Waals surface area contributed by atoms with E-state index in [4.69, 9.17) is 0 Å². The molecule has 0 unspecified atom stereocenters. The van der Waals surface area contributed by atoms with E-state index in [-0.39, 0.29) is 0 Å². The smallest absolute Gasteiger partial charge is 0.250 e. The average molecular weight is 287 g/mol. The molecule has 0 radical (unpaired) electrons. The van der Waals surface area contributed by atoms with Crippen LogP contribution >= 0.6 is 0 Å². The van der Waals surface area contributed by atoms with Crippen molar-refractivity contribution in [2.24, 2.45) is 0 Å². The van der Waals surface area contributed by atoms with Crippen LogP contribution in [0.25, 0.3) is 5.95 Å². The molecule has 0 atom stereocenters. The zero-order valence-electron chi connectivity index (χ0n) is 13.6. The zero-order valence-corrected chi connectivity index (χ0v) is 13.6. The highest BCUT2D eigenvalue weighted by Gasteiger charge is 2.11. The van der Waals surface area contributed by atoms with E-state index in [1.165, 1.54) is 0 Å². The van der Waals surface area contributed by atoms with E-state index < -0.39 is 0 Å². The highest BCUT2D eigenvalue weighted by atomic mass is 15.4. The fourth-order valence-corrected chi connectivity index (χ4v) is 2.14. The molecule has 5 nitrogen and oxygen atoms in total. The van der Waals surface area contributed by atoms with Crippen LogP contribution in [-0.4, -0.2) is 25.8 Å². The van der Waals surface area contributed by atoms with Crippen LogP contribution in [0.4, 0.5) is 0 Å². The van der Waals surface area contributed by atoms with Gasteiger partial charge in [-0.2, -0.15) is 5.10 Å². The molecule has 0 aromatic carbocycles. The molecular formula is C16H25N5. The highest BCUT2D eigenvalue weighted by Crippen LogP contribution is 2.12. The number of nitrogens with zero attached hydrogens (tertiary/aromatic N) is 4. The Kier molecular flexibility index (Phi) is 5.07. The molecular weight excluding hydrogens is 262 g/mol. The first kappa shape index (κ1) is 15.6. The summed E-state index contributed by atoms with van der Waals surface area (Å²) >= 11 is 0. The lowest BCUT2D eigenvalue weighted by Crippen LogP contribution is -2.23. The van der Waals surface area contributed by atoms with Gasteiger partial charge in [0.2, 0.25) is 0 Å². The fourth-order valence-electron chi connectivity index (χ4n) is 2.14. The van der Waals surface area contributed by atoms with Crippen LogP contribution in [0.2, 0.25) is 0 Å². The first-order chi connectivity index (χ1) is 10.0. The second-order valence-corrected chi connectivity index (χ2v) is 5.56. The number of rotatable bonds is 6. The first-order valence-electron chi connectivity index (χ1n) is 7.69. The predicted octanol–water partition coefficient (Wildman–Crippen LogP) is 2.59. The SMILES string of the molecule is CCc1cc(CC)n(-c2ncc(CNC(C)C)c(C)n2)n1. The molecule has 2 heterocycles. The van der Waals surface area contributed by atoms with Crippen LogP contribution < -0.4 is 5.32 Å². The maximum absolute atomic E-state index is 4.63. The first-order valence-corrected chi connectivity index (χ1v) is 7.69. The lowest BCUT2D eigenvalue weighted by molar-refractivity contribution is 0.584. The lowest BCUT2D eigenvalue weighted by Gasteiger charge is -2.11. The van der Waals surface area contributed by atoms with Crippen LogP contribution in [0.1, 0.15) is 50.3 Å². The van der Waals surface area contributed by atoms with E-state index in [9.17, 15) is 0 Å². The maximum Gasteiger partial charge on any atom is 0.250 e. The zero-order chi connectivity index (χ0) is 15.4. The van der Waals surface area contributed by atoms with Gasteiger partial charge >= 0.3 is 0 Å². The van der Waals surface area contributed by atoms with Crippen LogP contribution in [0.5, 0.6) is 0 Å². The maximum atomic E-state index is 4.63. The van der Waals surface area contributed by atoms with Crippen molar-refractivity contribution in [1.29, 1.82) is 0 Å². The summed E-state index contributed by atoms with van der Waals surface area (Å²) in [5, 5.41) is 7.99. The van der Waals surface area contributed by atoms with Crippen LogP contribution in [0.3, 0.4) is 0 Å². The topological polar surface area (TPSA) is 55.6 Å². The van der Waals surface area contributed by atoms with Crippen molar-refractivity contribution in [1.82, 2.24) is 25.1 Å². The van der Waals surface area contributed by atoms with Crippen molar-refractivity contribution in [3.63, 3.8) is 0 Å². The van der Waals surface area contributed by atoms with Crippen molar-refractivity contribution in [2.75, 3.05) is 0 Å². The normalized spacial score (nSPS) is 11.3. The third-order valence-electron chi connectivity index (χ3n) is 3.52. The average Bonchev–Trinajstić information content (AvgIpc) is 2.89. The van der Waals surface area contributed by atoms with E-state index >= 15 is 0 Å². The summed E-state index contributed by atoms with van der Waals surface area (Å²) in [6, 6.07) is 2.58. The largest absolute Gasteiger partial charge is 0.310 e. The number of nitrogens with one attached hydrogen (secondary N) is 1. The van der Waals surface area contributed by atoms with E-state index in [0.717, 1.165) is 42.0 Å². The molecule has 2 aromatic heterocycles. The van der Waals surface area contributed by atoms with Gasteiger partial charge in [0.25, 0.3) is 5.95 Å². The van der Waals surface area contributed by atoms with Crippen molar-refractivity contribution in [3.8, 4) is 5.95 Å². The summed E-state index contributed by atoms with van der Waals surface area (Å²) in [6.07, 6.45) is 3.75. The molecule has 0 fully saturated rings. The lowest BCUT2D eigenvalue weighted by atomic mass is 10.2. The molecule has 114 valence electrons. The Bertz CT molecular complexity index is 601. The molecule has 0 saturated carbocycles. The summed E-state index contributed by atoms with van der Waals surface area (Å²) in [7, 11) is 0. The summed E-state index contributed by atoms with van der Waals surface area (Å²) in [5.41, 5.74) is 4.37. The summed E-state index contributed by atoms with van der Waals surface area (Å²) in [5.74, 6) is 0.664. The molecule has 2 aromatic rings. The highest BCUT2D eigenvalue weighted by molar-refractivity contribution is 5.25. The van der Waals surface area contributed by atoms with Gasteiger partial charge in [-0.15, -0.1) is 0 Å².